The zero-order valence-electron chi connectivity index (χ0n) is 11.2. The molecule has 0 aliphatic rings. The number of hydrogen-bond donors (Lipinski definition) is 2. The van der Waals surface area contributed by atoms with E-state index in [4.69, 9.17) is 4.42 Å². The Morgan fingerprint density at radius 1 is 1.19 bits per heavy atom. The summed E-state index contributed by atoms with van der Waals surface area (Å²) in [6.45, 7) is 0.756. The lowest BCUT2D eigenvalue weighted by molar-refractivity contribution is -0.137. The van der Waals surface area contributed by atoms with Gasteiger partial charge in [0.05, 0.1) is 17.9 Å². The van der Waals surface area contributed by atoms with Crippen LogP contribution in [0.15, 0.2) is 47.1 Å². The van der Waals surface area contributed by atoms with Crippen molar-refractivity contribution in [3.63, 3.8) is 0 Å². The van der Waals surface area contributed by atoms with Crippen molar-refractivity contribution in [2.45, 2.75) is 18.7 Å². The maximum atomic E-state index is 12.6. The third-order valence-corrected chi connectivity index (χ3v) is 3.06. The van der Waals surface area contributed by atoms with Crippen molar-refractivity contribution in [1.82, 2.24) is 5.32 Å². The van der Waals surface area contributed by atoms with E-state index >= 15 is 0 Å². The van der Waals surface area contributed by atoms with E-state index in [-0.39, 0.29) is 12.1 Å². The largest absolute Gasteiger partial charge is 0.469 e. The molecule has 0 bridgehead atoms. The molecule has 6 heteroatoms. The van der Waals surface area contributed by atoms with Crippen molar-refractivity contribution >= 4 is 0 Å². The normalized spacial score (nSPS) is 13.3. The number of rotatable bonds is 6. The number of nitrogens with one attached hydrogen (secondary N) is 1. The first-order valence-corrected chi connectivity index (χ1v) is 6.55. The van der Waals surface area contributed by atoms with Gasteiger partial charge in [0, 0.05) is 19.5 Å². The van der Waals surface area contributed by atoms with Crippen LogP contribution >= 0.6 is 0 Å². The Bertz CT molecular complexity index is 552. The first kappa shape index (κ1) is 15.6. The van der Waals surface area contributed by atoms with Gasteiger partial charge in [-0.1, -0.05) is 12.1 Å². The molecular weight excluding hydrogens is 283 g/mol. The second-order valence-electron chi connectivity index (χ2n) is 4.67. The molecular formula is C15H16F3NO2. The second kappa shape index (κ2) is 6.78. The molecule has 0 fully saturated rings. The maximum absolute atomic E-state index is 12.6. The molecule has 0 amide bonds. The predicted octanol–water partition coefficient (Wildman–Crippen LogP) is 3.16. The summed E-state index contributed by atoms with van der Waals surface area (Å²) in [5.74, 6) is 0.816. The molecule has 2 N–H and O–H groups in total. The van der Waals surface area contributed by atoms with E-state index in [9.17, 15) is 18.3 Å². The molecule has 0 aliphatic carbocycles. The zero-order valence-corrected chi connectivity index (χ0v) is 11.2. The molecule has 0 spiro atoms. The molecule has 1 aromatic heterocycles. The summed E-state index contributed by atoms with van der Waals surface area (Å²) in [6.07, 6.45) is -3.15. The Balaban J connectivity index is 1.84. The third-order valence-electron chi connectivity index (χ3n) is 3.06. The highest BCUT2D eigenvalue weighted by atomic mass is 19.4. The molecule has 1 aromatic carbocycles. The molecule has 1 heterocycles. The van der Waals surface area contributed by atoms with Gasteiger partial charge >= 0.3 is 6.18 Å². The zero-order chi connectivity index (χ0) is 15.3. The van der Waals surface area contributed by atoms with Crippen LogP contribution in [0.25, 0.3) is 0 Å². The number of hydrogen-bond acceptors (Lipinski definition) is 3. The van der Waals surface area contributed by atoms with E-state index in [2.05, 4.69) is 5.32 Å². The van der Waals surface area contributed by atoms with Crippen molar-refractivity contribution in [2.24, 2.45) is 0 Å². The highest BCUT2D eigenvalue weighted by Gasteiger charge is 2.30. The monoisotopic (exact) mass is 299 g/mol. The Labute approximate surface area is 120 Å². The van der Waals surface area contributed by atoms with Crippen LogP contribution < -0.4 is 5.32 Å². The molecule has 0 saturated heterocycles. The van der Waals surface area contributed by atoms with E-state index in [1.807, 2.05) is 6.07 Å². The first-order valence-electron chi connectivity index (χ1n) is 6.55. The summed E-state index contributed by atoms with van der Waals surface area (Å²) in [5, 5.41) is 12.9. The molecule has 1 unspecified atom stereocenters. The van der Waals surface area contributed by atoms with Crippen LogP contribution in [-0.4, -0.2) is 18.2 Å². The number of aliphatic hydroxyl groups excluding tert-OH is 1. The summed E-state index contributed by atoms with van der Waals surface area (Å²) in [4.78, 5) is 0. The number of furan rings is 1. The van der Waals surface area contributed by atoms with Crippen molar-refractivity contribution in [1.29, 1.82) is 0 Å². The summed E-state index contributed by atoms with van der Waals surface area (Å²) in [6, 6.07) is 8.36. The molecule has 114 valence electrons. The molecule has 0 saturated carbocycles. The lowest BCUT2D eigenvalue weighted by Gasteiger charge is -2.14. The first-order chi connectivity index (χ1) is 9.97. The minimum Gasteiger partial charge on any atom is -0.469 e. The van der Waals surface area contributed by atoms with Crippen LogP contribution in [0.2, 0.25) is 0 Å². The second-order valence-corrected chi connectivity index (χ2v) is 4.67. The van der Waals surface area contributed by atoms with Gasteiger partial charge in [-0.3, -0.25) is 0 Å². The van der Waals surface area contributed by atoms with Crippen LogP contribution in [0.5, 0.6) is 0 Å². The van der Waals surface area contributed by atoms with Gasteiger partial charge in [-0.2, -0.15) is 13.2 Å². The van der Waals surface area contributed by atoms with Gasteiger partial charge in [0.2, 0.25) is 0 Å². The summed E-state index contributed by atoms with van der Waals surface area (Å²) >= 11 is 0. The van der Waals surface area contributed by atoms with E-state index in [0.29, 0.717) is 13.0 Å². The fraction of sp³-hybridized carbons (Fsp3) is 0.333. The van der Waals surface area contributed by atoms with Crippen LogP contribution in [0.3, 0.4) is 0 Å². The SMILES string of the molecule is OC(CNCCc1ccco1)c1cccc(C(F)(F)F)c1. The average molecular weight is 299 g/mol. The molecule has 2 rings (SSSR count). The summed E-state index contributed by atoms with van der Waals surface area (Å²) in [5.41, 5.74) is -0.509. The average Bonchev–Trinajstić information content (AvgIpc) is 2.96. The molecule has 0 radical (unpaired) electrons. The minimum absolute atomic E-state index is 0.183. The fourth-order valence-electron chi connectivity index (χ4n) is 1.95. The lowest BCUT2D eigenvalue weighted by Crippen LogP contribution is -2.23. The minimum atomic E-state index is -4.40. The van der Waals surface area contributed by atoms with E-state index in [1.54, 1.807) is 12.3 Å². The predicted molar refractivity (Wildman–Crippen MR) is 71.7 cm³/mol. The highest BCUT2D eigenvalue weighted by molar-refractivity contribution is 5.27. The van der Waals surface area contributed by atoms with Crippen molar-refractivity contribution in [3.8, 4) is 0 Å². The maximum Gasteiger partial charge on any atom is 0.416 e. The van der Waals surface area contributed by atoms with Gasteiger partial charge < -0.3 is 14.8 Å². The van der Waals surface area contributed by atoms with Gasteiger partial charge in [-0.25, -0.2) is 0 Å². The Morgan fingerprint density at radius 2 is 2.00 bits per heavy atom. The highest BCUT2D eigenvalue weighted by Crippen LogP contribution is 2.30. The summed E-state index contributed by atoms with van der Waals surface area (Å²) in [7, 11) is 0. The Morgan fingerprint density at radius 3 is 2.67 bits per heavy atom. The van der Waals surface area contributed by atoms with Crippen molar-refractivity contribution in [3.05, 3.63) is 59.5 Å². The summed E-state index contributed by atoms with van der Waals surface area (Å²) < 4.78 is 42.9. The third kappa shape index (κ3) is 4.61. The van der Waals surface area contributed by atoms with Crippen LogP contribution in [0.1, 0.15) is 23.0 Å². The molecule has 3 nitrogen and oxygen atoms in total. The van der Waals surface area contributed by atoms with Crippen molar-refractivity contribution < 1.29 is 22.7 Å². The number of halogens is 3. The molecule has 2 aromatic rings. The van der Waals surface area contributed by atoms with Crippen LogP contribution in [-0.2, 0) is 12.6 Å². The standard InChI is InChI=1S/C15H16F3NO2/c16-15(17,18)12-4-1-3-11(9-12)14(20)10-19-7-6-13-5-2-8-21-13/h1-5,8-9,14,19-20H,6-7,10H2. The topological polar surface area (TPSA) is 45.4 Å². The van der Waals surface area contributed by atoms with Gasteiger partial charge in [-0.15, -0.1) is 0 Å². The lowest BCUT2D eigenvalue weighted by atomic mass is 10.1. The smallest absolute Gasteiger partial charge is 0.416 e. The molecule has 0 aliphatic heterocycles. The Hall–Kier alpha value is -1.79. The number of benzene rings is 1. The number of alkyl halides is 3. The van der Waals surface area contributed by atoms with Gasteiger partial charge in [0.1, 0.15) is 5.76 Å². The van der Waals surface area contributed by atoms with Gasteiger partial charge in [0.25, 0.3) is 0 Å². The quantitative estimate of drug-likeness (QED) is 0.805. The Kier molecular flexibility index (Phi) is 5.03. The fourth-order valence-corrected chi connectivity index (χ4v) is 1.95. The van der Waals surface area contributed by atoms with E-state index < -0.39 is 17.8 Å². The van der Waals surface area contributed by atoms with Gasteiger partial charge in [-0.05, 0) is 29.8 Å². The van der Waals surface area contributed by atoms with Crippen LogP contribution in [0, 0.1) is 0 Å². The van der Waals surface area contributed by atoms with Crippen LogP contribution in [0.4, 0.5) is 13.2 Å². The van der Waals surface area contributed by atoms with Crippen molar-refractivity contribution in [2.75, 3.05) is 13.1 Å². The van der Waals surface area contributed by atoms with Gasteiger partial charge in [0.15, 0.2) is 0 Å². The van der Waals surface area contributed by atoms with E-state index in [0.717, 1.165) is 17.9 Å². The number of aliphatic hydroxyl groups is 1. The molecule has 21 heavy (non-hydrogen) atoms. The van der Waals surface area contributed by atoms with E-state index in [1.165, 1.54) is 12.1 Å². The molecule has 1 atom stereocenters.